The Kier molecular flexibility index (Phi) is 5.30. The van der Waals surface area contributed by atoms with Crippen molar-refractivity contribution in [3.8, 4) is 0 Å². The highest BCUT2D eigenvalue weighted by molar-refractivity contribution is 5.93. The minimum Gasteiger partial charge on any atom is -0.445 e. The van der Waals surface area contributed by atoms with Crippen molar-refractivity contribution >= 4 is 5.91 Å². The molecule has 7 heteroatoms. The van der Waals surface area contributed by atoms with Crippen molar-refractivity contribution in [3.63, 3.8) is 0 Å². The zero-order chi connectivity index (χ0) is 16.9. The molecule has 1 aliphatic rings. The first-order chi connectivity index (χ1) is 11.7. The summed E-state index contributed by atoms with van der Waals surface area (Å²) in [6.07, 6.45) is 4.93. The molecule has 7 nitrogen and oxygen atoms in total. The first kappa shape index (κ1) is 16.7. The molecule has 3 heterocycles. The zero-order valence-corrected chi connectivity index (χ0v) is 14.1. The van der Waals surface area contributed by atoms with E-state index < -0.39 is 0 Å². The van der Waals surface area contributed by atoms with Gasteiger partial charge in [0.1, 0.15) is 6.10 Å². The molecule has 0 aliphatic carbocycles. The van der Waals surface area contributed by atoms with Crippen LogP contribution >= 0.6 is 0 Å². The lowest BCUT2D eigenvalue weighted by atomic mass is 9.99. The van der Waals surface area contributed by atoms with E-state index in [2.05, 4.69) is 29.3 Å². The maximum absolute atomic E-state index is 12.4. The molecule has 0 unspecified atom stereocenters. The minimum absolute atomic E-state index is 0.181. The van der Waals surface area contributed by atoms with Crippen molar-refractivity contribution in [1.29, 1.82) is 0 Å². The molecule has 0 radical (unpaired) electrons. The molecule has 2 aromatic heterocycles. The van der Waals surface area contributed by atoms with E-state index in [0.717, 1.165) is 31.4 Å². The van der Waals surface area contributed by atoms with Gasteiger partial charge in [0.15, 0.2) is 23.6 Å². The Morgan fingerprint density at radius 1 is 1.42 bits per heavy atom. The number of rotatable bonds is 7. The molecule has 3 rings (SSSR count). The molecule has 1 N–H and O–H groups in total. The van der Waals surface area contributed by atoms with Crippen molar-refractivity contribution in [2.75, 3.05) is 6.61 Å². The molecule has 1 atom stereocenters. The third kappa shape index (κ3) is 3.51. The number of carbonyl (C=O) groups excluding carboxylic acids is 1. The number of hydrogen-bond acceptors (Lipinski definition) is 6. The third-order valence-corrected chi connectivity index (χ3v) is 4.44. The monoisotopic (exact) mass is 333 g/mol. The van der Waals surface area contributed by atoms with Crippen LogP contribution in [0.25, 0.3) is 0 Å². The van der Waals surface area contributed by atoms with Gasteiger partial charge in [-0.2, -0.15) is 0 Å². The molecule has 0 bridgehead atoms. The van der Waals surface area contributed by atoms with Gasteiger partial charge in [0, 0.05) is 18.6 Å². The average Bonchev–Trinajstić information content (AvgIpc) is 3.33. The highest BCUT2D eigenvalue weighted by atomic mass is 16.5. The van der Waals surface area contributed by atoms with Crippen LogP contribution in [0, 0.1) is 0 Å². The van der Waals surface area contributed by atoms with Crippen molar-refractivity contribution < 1.29 is 18.5 Å². The lowest BCUT2D eigenvalue weighted by Crippen LogP contribution is -2.24. The molecule has 0 aromatic carbocycles. The number of nitrogens with one attached hydrogen (secondary N) is 1. The first-order valence-corrected chi connectivity index (χ1v) is 8.51. The van der Waals surface area contributed by atoms with Gasteiger partial charge in [-0.05, 0) is 25.7 Å². The largest absolute Gasteiger partial charge is 0.445 e. The Morgan fingerprint density at radius 3 is 2.96 bits per heavy atom. The molecule has 1 fully saturated rings. The van der Waals surface area contributed by atoms with E-state index in [9.17, 15) is 4.79 Å². The number of oxazole rings is 1. The van der Waals surface area contributed by atoms with E-state index in [4.69, 9.17) is 13.7 Å². The fourth-order valence-electron chi connectivity index (χ4n) is 3.00. The van der Waals surface area contributed by atoms with Gasteiger partial charge in [0.05, 0.1) is 12.2 Å². The smallest absolute Gasteiger partial charge is 0.274 e. The van der Waals surface area contributed by atoms with Crippen LogP contribution in [0.3, 0.4) is 0 Å². The van der Waals surface area contributed by atoms with Crippen molar-refractivity contribution in [1.82, 2.24) is 15.5 Å². The summed E-state index contributed by atoms with van der Waals surface area (Å²) in [5.74, 6) is 1.22. The normalized spacial score (nSPS) is 17.5. The Bertz CT molecular complexity index is 669. The summed E-state index contributed by atoms with van der Waals surface area (Å²) in [5.41, 5.74) is 1.22. The molecule has 24 heavy (non-hydrogen) atoms. The predicted molar refractivity (Wildman–Crippen MR) is 85.4 cm³/mol. The summed E-state index contributed by atoms with van der Waals surface area (Å²) < 4.78 is 16.2. The Labute approximate surface area is 140 Å². The van der Waals surface area contributed by atoms with Gasteiger partial charge in [-0.15, -0.1) is 0 Å². The zero-order valence-electron chi connectivity index (χ0n) is 14.1. The van der Waals surface area contributed by atoms with Crippen LogP contribution in [-0.2, 0) is 11.3 Å². The van der Waals surface area contributed by atoms with Crippen LogP contribution in [0.1, 0.15) is 79.3 Å². The van der Waals surface area contributed by atoms with Gasteiger partial charge in [0.2, 0.25) is 0 Å². The summed E-state index contributed by atoms with van der Waals surface area (Å²) >= 11 is 0. The fraction of sp³-hybridized carbons (Fsp3) is 0.588. The molecule has 1 saturated heterocycles. The van der Waals surface area contributed by atoms with Crippen LogP contribution in [0.5, 0.6) is 0 Å². The highest BCUT2D eigenvalue weighted by Gasteiger charge is 2.28. The summed E-state index contributed by atoms with van der Waals surface area (Å²) in [4.78, 5) is 16.4. The Hall–Kier alpha value is -2.15. The molecular formula is C17H23N3O4. The topological polar surface area (TPSA) is 90.4 Å². The molecule has 130 valence electrons. The van der Waals surface area contributed by atoms with Gasteiger partial charge in [-0.1, -0.05) is 19.0 Å². The molecule has 1 amide bonds. The number of amides is 1. The van der Waals surface area contributed by atoms with E-state index >= 15 is 0 Å². The van der Waals surface area contributed by atoms with E-state index in [1.54, 1.807) is 0 Å². The number of hydrogen-bond donors (Lipinski definition) is 1. The van der Waals surface area contributed by atoms with E-state index in [0.29, 0.717) is 24.0 Å². The van der Waals surface area contributed by atoms with E-state index in [-0.39, 0.29) is 24.2 Å². The van der Waals surface area contributed by atoms with Crippen LogP contribution < -0.4 is 5.32 Å². The SMILES string of the molecule is CCC(CC)c1cc(CNC(=O)c2ncoc2[C@H]2CCCO2)on1. The lowest BCUT2D eigenvalue weighted by Gasteiger charge is -2.07. The number of carbonyl (C=O) groups is 1. The van der Waals surface area contributed by atoms with Gasteiger partial charge in [0.25, 0.3) is 5.91 Å². The van der Waals surface area contributed by atoms with Gasteiger partial charge in [-0.3, -0.25) is 4.79 Å². The number of nitrogens with zero attached hydrogens (tertiary/aromatic N) is 2. The van der Waals surface area contributed by atoms with Crippen LogP contribution in [0.15, 0.2) is 21.4 Å². The van der Waals surface area contributed by atoms with Crippen LogP contribution in [0.2, 0.25) is 0 Å². The summed E-state index contributed by atoms with van der Waals surface area (Å²) in [7, 11) is 0. The minimum atomic E-state index is -0.297. The Morgan fingerprint density at radius 2 is 2.25 bits per heavy atom. The second-order valence-electron chi connectivity index (χ2n) is 5.98. The van der Waals surface area contributed by atoms with Gasteiger partial charge >= 0.3 is 0 Å². The van der Waals surface area contributed by atoms with Gasteiger partial charge in [-0.25, -0.2) is 4.98 Å². The van der Waals surface area contributed by atoms with E-state index in [1.807, 2.05) is 6.07 Å². The highest BCUT2D eigenvalue weighted by Crippen LogP contribution is 2.30. The number of ether oxygens (including phenoxy) is 1. The number of aromatic nitrogens is 2. The molecule has 0 spiro atoms. The van der Waals surface area contributed by atoms with Crippen LogP contribution in [0.4, 0.5) is 0 Å². The molecule has 2 aromatic rings. The van der Waals surface area contributed by atoms with Crippen molar-refractivity contribution in [3.05, 3.63) is 35.4 Å². The standard InChI is InChI=1S/C17H23N3O4/c1-3-11(4-2)13-8-12(24-20-13)9-18-17(21)15-16(23-10-19-15)14-6-5-7-22-14/h8,10-11,14H,3-7,9H2,1-2H3,(H,18,21)/t14-/m1/s1. The first-order valence-electron chi connectivity index (χ1n) is 8.51. The molecule has 1 aliphatic heterocycles. The quantitative estimate of drug-likeness (QED) is 0.835. The summed E-state index contributed by atoms with van der Waals surface area (Å²) in [6.45, 7) is 5.20. The van der Waals surface area contributed by atoms with Crippen molar-refractivity contribution in [2.24, 2.45) is 0 Å². The van der Waals surface area contributed by atoms with E-state index in [1.165, 1.54) is 6.39 Å². The van der Waals surface area contributed by atoms with Crippen molar-refractivity contribution in [2.45, 2.75) is 58.1 Å². The predicted octanol–water partition coefficient (Wildman–Crippen LogP) is 3.35. The average molecular weight is 333 g/mol. The summed E-state index contributed by atoms with van der Waals surface area (Å²) in [6, 6.07) is 1.90. The maximum atomic E-state index is 12.4. The second kappa shape index (κ2) is 7.61. The van der Waals surface area contributed by atoms with Crippen LogP contribution in [-0.4, -0.2) is 22.7 Å². The maximum Gasteiger partial charge on any atom is 0.274 e. The third-order valence-electron chi connectivity index (χ3n) is 4.44. The fourth-order valence-corrected chi connectivity index (χ4v) is 3.00. The lowest BCUT2D eigenvalue weighted by molar-refractivity contribution is 0.0858. The summed E-state index contributed by atoms with van der Waals surface area (Å²) in [5, 5.41) is 6.90. The molecule has 0 saturated carbocycles. The van der Waals surface area contributed by atoms with Gasteiger partial charge < -0.3 is 19.0 Å². The second-order valence-corrected chi connectivity index (χ2v) is 5.98. The molecular weight excluding hydrogens is 310 g/mol. The Balaban J connectivity index is 1.61.